The largest absolute Gasteiger partial charge is 0.481 e. The van der Waals surface area contributed by atoms with Crippen molar-refractivity contribution in [2.24, 2.45) is 0 Å². The molecule has 8 heteroatoms. The maximum atomic E-state index is 14.1. The second-order valence-electron chi connectivity index (χ2n) is 7.77. The average molecular weight is 442 g/mol. The highest BCUT2D eigenvalue weighted by atomic mass is 35.5. The van der Waals surface area contributed by atoms with Crippen LogP contribution in [0.25, 0.3) is 0 Å². The Bertz CT molecular complexity index is 912. The van der Waals surface area contributed by atoms with Gasteiger partial charge in [-0.05, 0) is 63.1 Å². The first-order chi connectivity index (χ1) is 13.3. The van der Waals surface area contributed by atoms with E-state index in [0.717, 1.165) is 6.07 Å². The lowest BCUT2D eigenvalue weighted by molar-refractivity contribution is -0.144. The molecule has 0 aliphatic rings. The SMILES string of the molecule is CC(C)(C)OC(=O)N[C@@H](c1ccc(Cl)cc1)[C@@](C)(C(=O)O)c1ccc(Cl)c(F)c1. The van der Waals surface area contributed by atoms with Gasteiger partial charge in [0.2, 0.25) is 0 Å². The Morgan fingerprint density at radius 1 is 1.07 bits per heavy atom. The number of rotatable bonds is 5. The third-order valence-corrected chi connectivity index (χ3v) is 4.96. The predicted octanol–water partition coefficient (Wildman–Crippen LogP) is 5.74. The molecule has 0 aromatic heterocycles. The van der Waals surface area contributed by atoms with Crippen molar-refractivity contribution in [3.05, 3.63) is 69.5 Å². The van der Waals surface area contributed by atoms with Crippen molar-refractivity contribution in [2.75, 3.05) is 0 Å². The highest BCUT2D eigenvalue weighted by Gasteiger charge is 2.46. The Kier molecular flexibility index (Phi) is 6.81. The first-order valence-corrected chi connectivity index (χ1v) is 9.54. The van der Waals surface area contributed by atoms with Crippen molar-refractivity contribution in [1.82, 2.24) is 5.32 Å². The van der Waals surface area contributed by atoms with E-state index in [9.17, 15) is 19.1 Å². The molecule has 5 nitrogen and oxygen atoms in total. The zero-order chi connectivity index (χ0) is 22.0. The van der Waals surface area contributed by atoms with Gasteiger partial charge in [-0.3, -0.25) is 4.79 Å². The number of alkyl carbamates (subject to hydrolysis) is 1. The van der Waals surface area contributed by atoms with Crippen LogP contribution in [0.5, 0.6) is 0 Å². The summed E-state index contributed by atoms with van der Waals surface area (Å²) in [4.78, 5) is 24.9. The smallest absolute Gasteiger partial charge is 0.408 e. The van der Waals surface area contributed by atoms with Gasteiger partial charge in [0.15, 0.2) is 0 Å². The highest BCUT2D eigenvalue weighted by molar-refractivity contribution is 6.31. The fraction of sp³-hybridized carbons (Fsp3) is 0.333. The first-order valence-electron chi connectivity index (χ1n) is 8.78. The molecule has 0 bridgehead atoms. The molecule has 0 aliphatic heterocycles. The third kappa shape index (κ3) is 5.40. The van der Waals surface area contributed by atoms with Crippen LogP contribution in [-0.2, 0) is 14.9 Å². The molecule has 0 unspecified atom stereocenters. The second kappa shape index (κ2) is 8.59. The van der Waals surface area contributed by atoms with Gasteiger partial charge in [-0.15, -0.1) is 0 Å². The molecule has 2 N–H and O–H groups in total. The van der Waals surface area contributed by atoms with Crippen LogP contribution in [0.2, 0.25) is 10.0 Å². The molecule has 0 aliphatic carbocycles. The number of aliphatic carboxylic acids is 1. The van der Waals surface area contributed by atoms with Gasteiger partial charge >= 0.3 is 12.1 Å². The Labute approximate surface area is 178 Å². The second-order valence-corrected chi connectivity index (χ2v) is 8.61. The Morgan fingerprint density at radius 2 is 1.66 bits per heavy atom. The normalized spacial score (nSPS) is 14.6. The van der Waals surface area contributed by atoms with Crippen LogP contribution < -0.4 is 5.32 Å². The van der Waals surface area contributed by atoms with Crippen LogP contribution >= 0.6 is 23.2 Å². The standard InChI is InChI=1S/C21H22Cl2FNO4/c1-20(2,3)29-19(28)25-17(12-5-8-14(22)9-6-12)21(4,18(26)27)13-7-10-15(23)16(24)11-13/h5-11,17H,1-4H3,(H,25,28)(H,26,27)/t17-,21-/m0/s1. The van der Waals surface area contributed by atoms with E-state index in [1.54, 1.807) is 45.0 Å². The molecular formula is C21H22Cl2FNO4. The summed E-state index contributed by atoms with van der Waals surface area (Å²) in [6.45, 7) is 6.47. The molecule has 1 amide bonds. The van der Waals surface area contributed by atoms with Crippen molar-refractivity contribution in [3.63, 3.8) is 0 Å². The molecule has 0 heterocycles. The summed E-state index contributed by atoms with van der Waals surface area (Å²) in [5.74, 6) is -2.03. The fourth-order valence-corrected chi connectivity index (χ4v) is 3.12. The van der Waals surface area contributed by atoms with Gasteiger partial charge in [0, 0.05) is 5.02 Å². The zero-order valence-corrected chi connectivity index (χ0v) is 17.9. The van der Waals surface area contributed by atoms with E-state index in [4.69, 9.17) is 27.9 Å². The summed E-state index contributed by atoms with van der Waals surface area (Å²) in [5, 5.41) is 13.0. The van der Waals surface area contributed by atoms with Gasteiger partial charge in [0.1, 0.15) is 16.8 Å². The molecular weight excluding hydrogens is 420 g/mol. The van der Waals surface area contributed by atoms with E-state index in [2.05, 4.69) is 5.32 Å². The van der Waals surface area contributed by atoms with Gasteiger partial charge in [-0.2, -0.15) is 0 Å². The summed E-state index contributed by atoms with van der Waals surface area (Å²) in [7, 11) is 0. The Hall–Kier alpha value is -2.31. The summed E-state index contributed by atoms with van der Waals surface area (Å²) in [6.07, 6.45) is -0.806. The third-order valence-electron chi connectivity index (χ3n) is 4.41. The number of amides is 1. The van der Waals surface area contributed by atoms with E-state index >= 15 is 0 Å². The van der Waals surface area contributed by atoms with Crippen molar-refractivity contribution < 1.29 is 23.8 Å². The number of benzene rings is 2. The van der Waals surface area contributed by atoms with Gasteiger partial charge < -0.3 is 15.2 Å². The fourth-order valence-electron chi connectivity index (χ4n) is 2.87. The van der Waals surface area contributed by atoms with Crippen LogP contribution in [0.4, 0.5) is 9.18 Å². The number of carboxylic acid groups (broad SMARTS) is 1. The molecule has 0 spiro atoms. The molecule has 29 heavy (non-hydrogen) atoms. The topological polar surface area (TPSA) is 75.6 Å². The molecule has 2 atom stereocenters. The van der Waals surface area contributed by atoms with Crippen molar-refractivity contribution in [3.8, 4) is 0 Å². The lowest BCUT2D eigenvalue weighted by Gasteiger charge is -2.36. The zero-order valence-electron chi connectivity index (χ0n) is 16.4. The molecule has 2 aromatic rings. The van der Waals surface area contributed by atoms with E-state index in [1.807, 2.05) is 0 Å². The van der Waals surface area contributed by atoms with Crippen LogP contribution in [0, 0.1) is 5.82 Å². The minimum absolute atomic E-state index is 0.128. The quantitative estimate of drug-likeness (QED) is 0.619. The van der Waals surface area contributed by atoms with Gasteiger partial charge in [0.05, 0.1) is 11.1 Å². The monoisotopic (exact) mass is 441 g/mol. The minimum Gasteiger partial charge on any atom is -0.481 e. The summed E-state index contributed by atoms with van der Waals surface area (Å²) in [6, 6.07) is 8.99. The lowest BCUT2D eigenvalue weighted by Crippen LogP contribution is -2.48. The Morgan fingerprint density at radius 3 is 2.14 bits per heavy atom. The molecule has 156 valence electrons. The Balaban J connectivity index is 2.61. The molecule has 2 aromatic carbocycles. The van der Waals surface area contributed by atoms with E-state index < -0.39 is 34.9 Å². The van der Waals surface area contributed by atoms with Crippen LogP contribution in [-0.4, -0.2) is 22.8 Å². The molecule has 0 saturated heterocycles. The predicted molar refractivity (Wildman–Crippen MR) is 110 cm³/mol. The van der Waals surface area contributed by atoms with Crippen molar-refractivity contribution >= 4 is 35.3 Å². The van der Waals surface area contributed by atoms with Gasteiger partial charge in [-0.25, -0.2) is 9.18 Å². The number of hydrogen-bond acceptors (Lipinski definition) is 3. The number of hydrogen-bond donors (Lipinski definition) is 2. The van der Waals surface area contributed by atoms with Crippen LogP contribution in [0.1, 0.15) is 44.9 Å². The minimum atomic E-state index is -1.74. The average Bonchev–Trinajstić information content (AvgIpc) is 2.60. The van der Waals surface area contributed by atoms with Crippen molar-refractivity contribution in [1.29, 1.82) is 0 Å². The molecule has 0 radical (unpaired) electrons. The molecule has 0 saturated carbocycles. The van der Waals surface area contributed by atoms with Gasteiger partial charge in [0.25, 0.3) is 0 Å². The van der Waals surface area contributed by atoms with Crippen LogP contribution in [0.3, 0.4) is 0 Å². The van der Waals surface area contributed by atoms with E-state index in [1.165, 1.54) is 19.1 Å². The number of carboxylic acids is 1. The van der Waals surface area contributed by atoms with Gasteiger partial charge in [-0.1, -0.05) is 41.4 Å². The summed E-state index contributed by atoms with van der Waals surface area (Å²) >= 11 is 11.7. The molecule has 2 rings (SSSR count). The summed E-state index contributed by atoms with van der Waals surface area (Å²) < 4.78 is 19.4. The van der Waals surface area contributed by atoms with Crippen molar-refractivity contribution in [2.45, 2.75) is 44.8 Å². The number of nitrogens with one attached hydrogen (secondary N) is 1. The molecule has 0 fully saturated rings. The highest BCUT2D eigenvalue weighted by Crippen LogP contribution is 2.39. The summed E-state index contributed by atoms with van der Waals surface area (Å²) in [5.41, 5.74) is -1.94. The number of carbonyl (C=O) groups is 2. The maximum Gasteiger partial charge on any atom is 0.408 e. The van der Waals surface area contributed by atoms with E-state index in [0.29, 0.717) is 10.6 Å². The van der Waals surface area contributed by atoms with E-state index in [-0.39, 0.29) is 10.6 Å². The lowest BCUT2D eigenvalue weighted by atomic mass is 9.73. The first kappa shape index (κ1) is 23.0. The number of ether oxygens (including phenoxy) is 1. The number of halogens is 3. The number of carbonyl (C=O) groups excluding carboxylic acids is 1. The van der Waals surface area contributed by atoms with Crippen LogP contribution in [0.15, 0.2) is 42.5 Å². The maximum absolute atomic E-state index is 14.1.